The Morgan fingerprint density at radius 3 is 2.74 bits per heavy atom. The first-order chi connectivity index (χ1) is 9.13. The molecule has 2 heterocycles. The van der Waals surface area contributed by atoms with E-state index in [1.54, 1.807) is 13.1 Å². The Hall–Kier alpha value is -1.62. The van der Waals surface area contributed by atoms with Gasteiger partial charge in [0, 0.05) is 38.0 Å². The molecule has 0 aromatic carbocycles. The maximum Gasteiger partial charge on any atom is 0.254 e. The highest BCUT2D eigenvalue weighted by atomic mass is 16.3. The van der Waals surface area contributed by atoms with Crippen molar-refractivity contribution in [3.8, 4) is 0 Å². The molecule has 2 N–H and O–H groups in total. The fraction of sp³-hybridized carbons (Fsp3) is 0.571. The van der Waals surface area contributed by atoms with Crippen LogP contribution < -0.4 is 5.32 Å². The zero-order valence-electron chi connectivity index (χ0n) is 11.5. The second kappa shape index (κ2) is 6.02. The lowest BCUT2D eigenvalue weighted by Crippen LogP contribution is -2.39. The highest BCUT2D eigenvalue weighted by Crippen LogP contribution is 2.19. The number of nitrogens with one attached hydrogen (secondary N) is 1. The number of pyridine rings is 1. The Morgan fingerprint density at radius 1 is 1.47 bits per heavy atom. The van der Waals surface area contributed by atoms with Gasteiger partial charge in [0.05, 0.1) is 0 Å². The maximum absolute atomic E-state index is 12.4. The fourth-order valence-electron chi connectivity index (χ4n) is 2.42. The standard InChI is InChI=1S/C14H21N3O2/c1-10-7-12(8-13(15-2)16-10)14(19)17-5-3-11(9-18)4-6-17/h7-8,11,18H,3-6,9H2,1-2H3,(H,15,16). The summed E-state index contributed by atoms with van der Waals surface area (Å²) in [5, 5.41) is 12.1. The minimum atomic E-state index is 0.0541. The molecule has 1 fully saturated rings. The minimum absolute atomic E-state index is 0.0541. The topological polar surface area (TPSA) is 65.5 Å². The molecule has 0 atom stereocenters. The summed E-state index contributed by atoms with van der Waals surface area (Å²) in [5.74, 6) is 1.11. The summed E-state index contributed by atoms with van der Waals surface area (Å²) >= 11 is 0. The van der Waals surface area contributed by atoms with E-state index < -0.39 is 0 Å². The van der Waals surface area contributed by atoms with Gasteiger partial charge in [0.15, 0.2) is 0 Å². The summed E-state index contributed by atoms with van der Waals surface area (Å²) in [4.78, 5) is 18.6. The minimum Gasteiger partial charge on any atom is -0.396 e. The van der Waals surface area contributed by atoms with Crippen molar-refractivity contribution in [1.29, 1.82) is 0 Å². The average Bonchev–Trinajstić information content (AvgIpc) is 2.46. The van der Waals surface area contributed by atoms with Gasteiger partial charge in [-0.05, 0) is 37.8 Å². The molecule has 1 aliphatic rings. The normalized spacial score (nSPS) is 16.5. The molecule has 1 aromatic heterocycles. The number of carbonyl (C=O) groups excluding carboxylic acids is 1. The van der Waals surface area contributed by atoms with Crippen LogP contribution in [0.25, 0.3) is 0 Å². The molecule has 5 heteroatoms. The van der Waals surface area contributed by atoms with Gasteiger partial charge in [0.1, 0.15) is 5.82 Å². The van der Waals surface area contributed by atoms with Crippen molar-refractivity contribution in [2.24, 2.45) is 5.92 Å². The summed E-state index contributed by atoms with van der Waals surface area (Å²) in [6.45, 7) is 3.55. The van der Waals surface area contributed by atoms with Gasteiger partial charge in [0.2, 0.25) is 0 Å². The average molecular weight is 263 g/mol. The quantitative estimate of drug-likeness (QED) is 0.862. The van der Waals surface area contributed by atoms with Crippen LogP contribution in [0.15, 0.2) is 12.1 Å². The van der Waals surface area contributed by atoms with Crippen molar-refractivity contribution >= 4 is 11.7 Å². The van der Waals surface area contributed by atoms with Gasteiger partial charge in [-0.3, -0.25) is 4.79 Å². The molecule has 0 radical (unpaired) electrons. The number of carbonyl (C=O) groups is 1. The molecule has 0 unspecified atom stereocenters. The number of nitrogens with zero attached hydrogens (tertiary/aromatic N) is 2. The molecule has 0 spiro atoms. The highest BCUT2D eigenvalue weighted by molar-refractivity contribution is 5.95. The second-order valence-electron chi connectivity index (χ2n) is 5.05. The third-order valence-electron chi connectivity index (χ3n) is 3.62. The van der Waals surface area contributed by atoms with Gasteiger partial charge >= 0.3 is 0 Å². The molecule has 0 bridgehead atoms. The van der Waals surface area contributed by atoms with Gasteiger partial charge in [-0.15, -0.1) is 0 Å². The van der Waals surface area contributed by atoms with Gasteiger partial charge in [-0.2, -0.15) is 0 Å². The van der Waals surface area contributed by atoms with E-state index in [9.17, 15) is 4.79 Å². The van der Waals surface area contributed by atoms with E-state index in [0.29, 0.717) is 17.3 Å². The molecule has 0 saturated carbocycles. The predicted octanol–water partition coefficient (Wildman–Crippen LogP) is 1.28. The molecule has 1 aromatic rings. The lowest BCUT2D eigenvalue weighted by atomic mass is 9.97. The van der Waals surface area contributed by atoms with E-state index in [2.05, 4.69) is 10.3 Å². The van der Waals surface area contributed by atoms with E-state index in [4.69, 9.17) is 5.11 Å². The first-order valence-electron chi connectivity index (χ1n) is 6.70. The van der Waals surface area contributed by atoms with Gasteiger partial charge < -0.3 is 15.3 Å². The van der Waals surface area contributed by atoms with Crippen LogP contribution in [0.3, 0.4) is 0 Å². The Balaban J connectivity index is 2.09. The second-order valence-corrected chi connectivity index (χ2v) is 5.05. The summed E-state index contributed by atoms with van der Waals surface area (Å²) in [6, 6.07) is 3.61. The van der Waals surface area contributed by atoms with Crippen LogP contribution in [0.5, 0.6) is 0 Å². The third kappa shape index (κ3) is 3.23. The highest BCUT2D eigenvalue weighted by Gasteiger charge is 2.23. The first kappa shape index (κ1) is 13.8. The van der Waals surface area contributed by atoms with Crippen LogP contribution in [-0.4, -0.2) is 47.6 Å². The van der Waals surface area contributed by atoms with E-state index >= 15 is 0 Å². The molecular formula is C14H21N3O2. The number of rotatable bonds is 3. The SMILES string of the molecule is CNc1cc(C(=O)N2CCC(CO)CC2)cc(C)n1. The zero-order chi connectivity index (χ0) is 13.8. The Morgan fingerprint density at radius 2 is 2.16 bits per heavy atom. The number of aryl methyl sites for hydroxylation is 1. The molecule has 1 saturated heterocycles. The summed E-state index contributed by atoms with van der Waals surface area (Å²) in [7, 11) is 1.79. The monoisotopic (exact) mass is 263 g/mol. The molecular weight excluding hydrogens is 242 g/mol. The van der Waals surface area contributed by atoms with Crippen LogP contribution >= 0.6 is 0 Å². The Labute approximate surface area is 113 Å². The number of likely N-dealkylation sites (tertiary alicyclic amines) is 1. The molecule has 0 aliphatic carbocycles. The molecule has 1 aliphatic heterocycles. The number of amides is 1. The van der Waals surface area contributed by atoms with E-state index in [-0.39, 0.29) is 12.5 Å². The lowest BCUT2D eigenvalue weighted by Gasteiger charge is -2.31. The maximum atomic E-state index is 12.4. The fourth-order valence-corrected chi connectivity index (χ4v) is 2.42. The molecule has 19 heavy (non-hydrogen) atoms. The van der Waals surface area contributed by atoms with E-state index in [1.165, 1.54) is 0 Å². The summed E-state index contributed by atoms with van der Waals surface area (Å²) in [5.41, 5.74) is 1.51. The van der Waals surface area contributed by atoms with Crippen molar-refractivity contribution in [3.63, 3.8) is 0 Å². The van der Waals surface area contributed by atoms with Gasteiger partial charge in [-0.25, -0.2) is 4.98 Å². The lowest BCUT2D eigenvalue weighted by molar-refractivity contribution is 0.0650. The van der Waals surface area contributed by atoms with Crippen LogP contribution in [0.2, 0.25) is 0 Å². The molecule has 2 rings (SSSR count). The van der Waals surface area contributed by atoms with Crippen molar-refractivity contribution in [1.82, 2.24) is 9.88 Å². The molecule has 1 amide bonds. The van der Waals surface area contributed by atoms with Crippen molar-refractivity contribution in [3.05, 3.63) is 23.4 Å². The third-order valence-corrected chi connectivity index (χ3v) is 3.62. The summed E-state index contributed by atoms with van der Waals surface area (Å²) in [6.07, 6.45) is 1.76. The Bertz CT molecular complexity index is 454. The van der Waals surface area contributed by atoms with E-state index in [0.717, 1.165) is 31.6 Å². The van der Waals surface area contributed by atoms with Crippen LogP contribution in [-0.2, 0) is 0 Å². The van der Waals surface area contributed by atoms with Crippen LogP contribution in [0, 0.1) is 12.8 Å². The number of hydrogen-bond acceptors (Lipinski definition) is 4. The van der Waals surface area contributed by atoms with E-state index in [1.807, 2.05) is 17.9 Å². The number of piperidine rings is 1. The van der Waals surface area contributed by atoms with Crippen LogP contribution in [0.1, 0.15) is 28.9 Å². The zero-order valence-corrected chi connectivity index (χ0v) is 11.5. The van der Waals surface area contributed by atoms with Crippen LogP contribution in [0.4, 0.5) is 5.82 Å². The first-order valence-corrected chi connectivity index (χ1v) is 6.70. The number of aliphatic hydroxyl groups is 1. The summed E-state index contributed by atoms with van der Waals surface area (Å²) < 4.78 is 0. The number of aromatic nitrogens is 1. The predicted molar refractivity (Wildman–Crippen MR) is 74.2 cm³/mol. The smallest absolute Gasteiger partial charge is 0.254 e. The van der Waals surface area contributed by atoms with Crippen molar-refractivity contribution in [2.75, 3.05) is 32.1 Å². The number of aliphatic hydroxyl groups excluding tert-OH is 1. The largest absolute Gasteiger partial charge is 0.396 e. The molecule has 5 nitrogen and oxygen atoms in total. The van der Waals surface area contributed by atoms with Crippen molar-refractivity contribution < 1.29 is 9.90 Å². The van der Waals surface area contributed by atoms with Gasteiger partial charge in [-0.1, -0.05) is 0 Å². The number of hydrogen-bond donors (Lipinski definition) is 2. The molecule has 104 valence electrons. The van der Waals surface area contributed by atoms with Crippen molar-refractivity contribution in [2.45, 2.75) is 19.8 Å². The van der Waals surface area contributed by atoms with Gasteiger partial charge in [0.25, 0.3) is 5.91 Å². The Kier molecular flexibility index (Phi) is 4.37. The number of anilines is 1.